The second-order valence-electron chi connectivity index (χ2n) is 7.43. The van der Waals surface area contributed by atoms with Gasteiger partial charge in [-0.3, -0.25) is 9.59 Å². The Hall–Kier alpha value is -1.97. The molecule has 2 amide bonds. The second-order valence-corrected chi connectivity index (χ2v) is 9.32. The molecule has 8 nitrogen and oxygen atoms in total. The van der Waals surface area contributed by atoms with E-state index in [0.29, 0.717) is 31.5 Å². The van der Waals surface area contributed by atoms with Crippen molar-refractivity contribution in [1.82, 2.24) is 19.4 Å². The van der Waals surface area contributed by atoms with Crippen molar-refractivity contribution in [3.63, 3.8) is 0 Å². The van der Waals surface area contributed by atoms with Gasteiger partial charge in [0.05, 0.1) is 4.90 Å². The molecule has 0 spiro atoms. The minimum absolute atomic E-state index is 0.0385. The molecule has 2 saturated heterocycles. The highest BCUT2D eigenvalue weighted by Gasteiger charge is 2.31. The number of sulfonamides is 1. The molecule has 2 aliphatic heterocycles. The molecular formula is C19H28N4O4S. The normalized spacial score (nSPS) is 19.6. The molecule has 1 aromatic carbocycles. The number of nitrogens with one attached hydrogen (secondary N) is 1. The Morgan fingerprint density at radius 1 is 1.00 bits per heavy atom. The third-order valence-corrected chi connectivity index (χ3v) is 7.02. The van der Waals surface area contributed by atoms with Gasteiger partial charge in [-0.1, -0.05) is 6.07 Å². The number of nitrogens with zero attached hydrogens (tertiary/aromatic N) is 3. The molecular weight excluding hydrogens is 380 g/mol. The maximum Gasteiger partial charge on any atom is 0.253 e. The quantitative estimate of drug-likeness (QED) is 0.770. The fourth-order valence-electron chi connectivity index (χ4n) is 3.71. The summed E-state index contributed by atoms with van der Waals surface area (Å²) in [4.78, 5) is 31.4. The first-order chi connectivity index (χ1) is 13.3. The molecule has 9 heteroatoms. The molecule has 28 heavy (non-hydrogen) atoms. The molecule has 2 aliphatic rings. The van der Waals surface area contributed by atoms with Gasteiger partial charge in [0.15, 0.2) is 0 Å². The Kier molecular flexibility index (Phi) is 6.36. The van der Waals surface area contributed by atoms with Crippen LogP contribution < -0.4 is 4.72 Å². The number of rotatable bonds is 4. The van der Waals surface area contributed by atoms with Crippen molar-refractivity contribution in [1.29, 1.82) is 0 Å². The Labute approximate surface area is 166 Å². The van der Waals surface area contributed by atoms with Crippen LogP contribution in [0, 0.1) is 5.92 Å². The Balaban J connectivity index is 1.60. The first-order valence-corrected chi connectivity index (χ1v) is 11.1. The van der Waals surface area contributed by atoms with Crippen molar-refractivity contribution in [2.75, 3.05) is 53.4 Å². The van der Waals surface area contributed by atoms with E-state index >= 15 is 0 Å². The lowest BCUT2D eigenvalue weighted by atomic mass is 9.94. The van der Waals surface area contributed by atoms with Gasteiger partial charge in [-0.2, -0.15) is 0 Å². The van der Waals surface area contributed by atoms with Crippen LogP contribution in [0.5, 0.6) is 0 Å². The van der Waals surface area contributed by atoms with E-state index in [1.54, 1.807) is 17.0 Å². The van der Waals surface area contributed by atoms with Gasteiger partial charge in [-0.25, -0.2) is 13.1 Å². The van der Waals surface area contributed by atoms with Gasteiger partial charge in [0.1, 0.15) is 0 Å². The summed E-state index contributed by atoms with van der Waals surface area (Å²) in [6.45, 7) is 4.34. The minimum atomic E-state index is -3.60. The number of amides is 2. The molecule has 2 heterocycles. The summed E-state index contributed by atoms with van der Waals surface area (Å²) >= 11 is 0. The van der Waals surface area contributed by atoms with E-state index in [4.69, 9.17) is 0 Å². The Bertz CT molecular complexity index is 826. The molecule has 154 valence electrons. The molecule has 0 aliphatic carbocycles. The van der Waals surface area contributed by atoms with E-state index in [1.165, 1.54) is 19.2 Å². The third kappa shape index (κ3) is 4.53. The number of piperazine rings is 1. The van der Waals surface area contributed by atoms with Crippen molar-refractivity contribution in [3.05, 3.63) is 29.8 Å². The van der Waals surface area contributed by atoms with Gasteiger partial charge in [0, 0.05) is 50.7 Å². The second kappa shape index (κ2) is 8.59. The fourth-order valence-corrected chi connectivity index (χ4v) is 4.49. The number of hydrogen-bond donors (Lipinski definition) is 1. The van der Waals surface area contributed by atoms with Gasteiger partial charge >= 0.3 is 0 Å². The zero-order chi connectivity index (χ0) is 20.3. The standard InChI is InChI=1S/C19H28N4O4S/c1-20-28(26,27)17-5-3-4-16(14-17)19(25)22-8-6-15(7-9-22)18(24)23-12-10-21(2)11-13-23/h3-5,14-15,20H,6-13H2,1-2H3. The van der Waals surface area contributed by atoms with E-state index in [-0.39, 0.29) is 22.6 Å². The van der Waals surface area contributed by atoms with Crippen molar-refractivity contribution < 1.29 is 18.0 Å². The predicted octanol–water partition coefficient (Wildman–Crippen LogP) is 0.221. The molecule has 0 unspecified atom stereocenters. The predicted molar refractivity (Wildman–Crippen MR) is 105 cm³/mol. The van der Waals surface area contributed by atoms with Crippen LogP contribution in [0.4, 0.5) is 0 Å². The van der Waals surface area contributed by atoms with E-state index in [1.807, 2.05) is 4.90 Å². The van der Waals surface area contributed by atoms with Crippen LogP contribution in [-0.4, -0.2) is 88.3 Å². The van der Waals surface area contributed by atoms with E-state index in [0.717, 1.165) is 26.2 Å². The number of likely N-dealkylation sites (tertiary alicyclic amines) is 1. The number of hydrogen-bond acceptors (Lipinski definition) is 5. The average molecular weight is 409 g/mol. The van der Waals surface area contributed by atoms with Crippen molar-refractivity contribution in [2.45, 2.75) is 17.7 Å². The zero-order valence-electron chi connectivity index (χ0n) is 16.4. The SMILES string of the molecule is CNS(=O)(=O)c1cccc(C(=O)N2CCC(C(=O)N3CCN(C)CC3)CC2)c1. The van der Waals surface area contributed by atoms with Gasteiger partial charge in [0.2, 0.25) is 15.9 Å². The van der Waals surface area contributed by atoms with Gasteiger partial charge < -0.3 is 14.7 Å². The van der Waals surface area contributed by atoms with Crippen molar-refractivity contribution >= 4 is 21.8 Å². The van der Waals surface area contributed by atoms with Crippen LogP contribution in [0.15, 0.2) is 29.2 Å². The summed E-state index contributed by atoms with van der Waals surface area (Å²) < 4.78 is 26.2. The number of piperidine rings is 1. The molecule has 0 radical (unpaired) electrons. The lowest BCUT2D eigenvalue weighted by Gasteiger charge is -2.37. The van der Waals surface area contributed by atoms with E-state index in [2.05, 4.69) is 16.7 Å². The van der Waals surface area contributed by atoms with Crippen molar-refractivity contribution in [2.24, 2.45) is 5.92 Å². The maximum atomic E-state index is 12.8. The van der Waals surface area contributed by atoms with E-state index in [9.17, 15) is 18.0 Å². The number of carbonyl (C=O) groups is 2. The smallest absolute Gasteiger partial charge is 0.253 e. The summed E-state index contributed by atoms with van der Waals surface area (Å²) in [5, 5.41) is 0. The minimum Gasteiger partial charge on any atom is -0.340 e. The highest BCUT2D eigenvalue weighted by molar-refractivity contribution is 7.89. The molecule has 0 aromatic heterocycles. The first kappa shape index (κ1) is 20.8. The number of benzene rings is 1. The summed E-state index contributed by atoms with van der Waals surface area (Å²) in [6, 6.07) is 6.05. The van der Waals surface area contributed by atoms with Gasteiger partial charge in [-0.05, 0) is 45.1 Å². The average Bonchev–Trinajstić information content (AvgIpc) is 2.73. The summed E-state index contributed by atoms with van der Waals surface area (Å²) in [7, 11) is -0.198. The monoisotopic (exact) mass is 408 g/mol. The topological polar surface area (TPSA) is 90.0 Å². The summed E-state index contributed by atoms with van der Waals surface area (Å²) in [5.74, 6) is -0.0376. The van der Waals surface area contributed by atoms with Gasteiger partial charge in [-0.15, -0.1) is 0 Å². The molecule has 0 bridgehead atoms. The van der Waals surface area contributed by atoms with Crippen LogP contribution in [0.1, 0.15) is 23.2 Å². The maximum absolute atomic E-state index is 12.8. The summed E-state index contributed by atoms with van der Waals surface area (Å²) in [6.07, 6.45) is 1.29. The van der Waals surface area contributed by atoms with Crippen molar-refractivity contribution in [3.8, 4) is 0 Å². The van der Waals surface area contributed by atoms with Crippen LogP contribution in [0.2, 0.25) is 0 Å². The highest BCUT2D eigenvalue weighted by Crippen LogP contribution is 2.22. The molecule has 1 N–H and O–H groups in total. The molecule has 3 rings (SSSR count). The third-order valence-electron chi connectivity index (χ3n) is 5.61. The molecule has 0 atom stereocenters. The van der Waals surface area contributed by atoms with Crippen LogP contribution in [-0.2, 0) is 14.8 Å². The number of likely N-dealkylation sites (N-methyl/N-ethyl adjacent to an activating group) is 1. The highest BCUT2D eigenvalue weighted by atomic mass is 32.2. The van der Waals surface area contributed by atoms with Gasteiger partial charge in [0.25, 0.3) is 5.91 Å². The van der Waals surface area contributed by atoms with Crippen LogP contribution >= 0.6 is 0 Å². The lowest BCUT2D eigenvalue weighted by Crippen LogP contribution is -2.51. The summed E-state index contributed by atoms with van der Waals surface area (Å²) in [5.41, 5.74) is 0.347. The fraction of sp³-hybridized carbons (Fsp3) is 0.579. The molecule has 0 saturated carbocycles. The van der Waals surface area contributed by atoms with Crippen LogP contribution in [0.25, 0.3) is 0 Å². The van der Waals surface area contributed by atoms with Crippen LogP contribution in [0.3, 0.4) is 0 Å². The molecule has 1 aromatic rings. The Morgan fingerprint density at radius 2 is 1.64 bits per heavy atom. The van der Waals surface area contributed by atoms with E-state index < -0.39 is 10.0 Å². The molecule has 2 fully saturated rings. The first-order valence-electron chi connectivity index (χ1n) is 9.62. The zero-order valence-corrected chi connectivity index (χ0v) is 17.2. The largest absolute Gasteiger partial charge is 0.340 e. The Morgan fingerprint density at radius 3 is 2.25 bits per heavy atom. The lowest BCUT2D eigenvalue weighted by molar-refractivity contribution is -0.138. The number of carbonyl (C=O) groups excluding carboxylic acids is 2.